The minimum Gasteiger partial charge on any atom is -0.324 e. The molecule has 2 heterocycles. The number of anilines is 2. The number of fused-ring (bicyclic) bond motifs is 1. The second-order valence-corrected chi connectivity index (χ2v) is 6.53. The zero-order chi connectivity index (χ0) is 19.0. The Morgan fingerprint density at radius 2 is 1.74 bits per heavy atom. The van der Waals surface area contributed by atoms with Crippen LogP contribution in [0.25, 0.3) is 0 Å². The van der Waals surface area contributed by atoms with E-state index in [4.69, 9.17) is 11.6 Å². The normalized spacial score (nSPS) is 20.9. The number of halogens is 1. The van der Waals surface area contributed by atoms with Crippen LogP contribution in [0.4, 0.5) is 11.4 Å². The van der Waals surface area contributed by atoms with Gasteiger partial charge in [-0.2, -0.15) is 5.11 Å². The molecule has 2 aliphatic heterocycles. The molecule has 2 aromatic rings. The molecule has 3 amide bonds. The molecule has 8 nitrogen and oxygen atoms in total. The van der Waals surface area contributed by atoms with Gasteiger partial charge in [-0.25, -0.2) is 4.90 Å². The maximum Gasteiger partial charge on any atom is 0.263 e. The fraction of sp³-hybridized carbons (Fsp3) is 0.167. The topological polar surface area (TPSA) is 94.4 Å². The Morgan fingerprint density at radius 1 is 1.04 bits per heavy atom. The molecule has 0 radical (unpaired) electrons. The molecular formula is C18H14ClN5O3. The van der Waals surface area contributed by atoms with Crippen LogP contribution >= 0.6 is 11.6 Å². The van der Waals surface area contributed by atoms with E-state index in [0.29, 0.717) is 16.4 Å². The van der Waals surface area contributed by atoms with E-state index in [1.807, 2.05) is 0 Å². The number of hydrogen-bond acceptors (Lipinski definition) is 6. The van der Waals surface area contributed by atoms with Crippen molar-refractivity contribution in [2.45, 2.75) is 12.1 Å². The van der Waals surface area contributed by atoms with E-state index in [1.54, 1.807) is 54.6 Å². The van der Waals surface area contributed by atoms with Gasteiger partial charge >= 0.3 is 0 Å². The van der Waals surface area contributed by atoms with E-state index in [-0.39, 0.29) is 12.5 Å². The molecule has 27 heavy (non-hydrogen) atoms. The van der Waals surface area contributed by atoms with Crippen molar-refractivity contribution < 1.29 is 14.4 Å². The number of nitrogens with zero attached hydrogens (tertiary/aromatic N) is 4. The lowest BCUT2D eigenvalue weighted by molar-refractivity contribution is -0.123. The summed E-state index contributed by atoms with van der Waals surface area (Å²) in [5.74, 6) is -1.27. The first-order valence-electron chi connectivity index (χ1n) is 8.20. The highest BCUT2D eigenvalue weighted by Crippen LogP contribution is 2.31. The van der Waals surface area contributed by atoms with E-state index >= 15 is 0 Å². The van der Waals surface area contributed by atoms with Gasteiger partial charge in [-0.1, -0.05) is 35.0 Å². The summed E-state index contributed by atoms with van der Waals surface area (Å²) in [6.07, 6.45) is 0. The highest BCUT2D eigenvalue weighted by atomic mass is 35.5. The minimum atomic E-state index is -0.930. The van der Waals surface area contributed by atoms with Crippen LogP contribution in [0.2, 0.25) is 5.02 Å². The van der Waals surface area contributed by atoms with Gasteiger partial charge in [0.15, 0.2) is 12.1 Å². The summed E-state index contributed by atoms with van der Waals surface area (Å²) in [5, 5.41) is 12.3. The fourth-order valence-electron chi connectivity index (χ4n) is 3.07. The molecule has 1 saturated heterocycles. The number of nitrogens with one attached hydrogen (secondary N) is 1. The van der Waals surface area contributed by atoms with Crippen LogP contribution in [-0.2, 0) is 14.4 Å². The van der Waals surface area contributed by atoms with E-state index < -0.39 is 23.9 Å². The highest BCUT2D eigenvalue weighted by Gasteiger charge is 2.55. The molecule has 0 bridgehead atoms. The largest absolute Gasteiger partial charge is 0.324 e. The molecule has 0 aliphatic carbocycles. The lowest BCUT2D eigenvalue weighted by Gasteiger charge is -2.20. The summed E-state index contributed by atoms with van der Waals surface area (Å²) >= 11 is 5.82. The van der Waals surface area contributed by atoms with Gasteiger partial charge in [0.1, 0.15) is 6.54 Å². The first kappa shape index (κ1) is 17.2. The van der Waals surface area contributed by atoms with Crippen molar-refractivity contribution in [3.63, 3.8) is 0 Å². The summed E-state index contributed by atoms with van der Waals surface area (Å²) in [5.41, 5.74) is 1.04. The molecule has 4 rings (SSSR count). The van der Waals surface area contributed by atoms with Gasteiger partial charge in [-0.3, -0.25) is 19.4 Å². The van der Waals surface area contributed by atoms with Crippen LogP contribution in [0, 0.1) is 0 Å². The second kappa shape index (κ2) is 6.81. The molecular weight excluding hydrogens is 370 g/mol. The number of amides is 3. The molecule has 136 valence electrons. The Morgan fingerprint density at radius 3 is 2.44 bits per heavy atom. The molecule has 2 aromatic carbocycles. The summed E-state index contributed by atoms with van der Waals surface area (Å²) in [6.45, 7) is -0.199. The van der Waals surface area contributed by atoms with Crippen molar-refractivity contribution in [3.05, 3.63) is 59.6 Å². The van der Waals surface area contributed by atoms with Crippen LogP contribution in [0.15, 0.2) is 64.9 Å². The third kappa shape index (κ3) is 3.15. The monoisotopic (exact) mass is 383 g/mol. The SMILES string of the molecule is O=C(CN1N=N[C@H]2C(=O)N(c3ccccc3)C(=O)[C@@H]21)Nc1ccc(Cl)cc1. The molecule has 9 heteroatoms. The van der Waals surface area contributed by atoms with Crippen LogP contribution in [0.3, 0.4) is 0 Å². The number of rotatable bonds is 4. The number of carbonyl (C=O) groups excluding carboxylic acids is 3. The van der Waals surface area contributed by atoms with Crippen molar-refractivity contribution in [1.82, 2.24) is 5.01 Å². The third-order valence-electron chi connectivity index (χ3n) is 4.31. The van der Waals surface area contributed by atoms with Gasteiger partial charge in [-0.15, -0.1) is 0 Å². The van der Waals surface area contributed by atoms with Crippen molar-refractivity contribution in [1.29, 1.82) is 0 Å². The van der Waals surface area contributed by atoms with E-state index in [1.165, 1.54) is 5.01 Å². The number of carbonyl (C=O) groups is 3. The molecule has 1 fully saturated rings. The number of para-hydroxylation sites is 1. The lowest BCUT2D eigenvalue weighted by atomic mass is 10.1. The average Bonchev–Trinajstić information content (AvgIpc) is 3.18. The molecule has 0 unspecified atom stereocenters. The van der Waals surface area contributed by atoms with Gasteiger partial charge in [-0.05, 0) is 36.4 Å². The van der Waals surface area contributed by atoms with Gasteiger partial charge in [0.25, 0.3) is 11.8 Å². The number of benzene rings is 2. The molecule has 0 spiro atoms. The minimum absolute atomic E-state index is 0.199. The van der Waals surface area contributed by atoms with E-state index in [2.05, 4.69) is 15.7 Å². The van der Waals surface area contributed by atoms with Crippen molar-refractivity contribution in [2.75, 3.05) is 16.8 Å². The summed E-state index contributed by atoms with van der Waals surface area (Å²) in [6, 6.07) is 13.4. The quantitative estimate of drug-likeness (QED) is 0.819. The Kier molecular flexibility index (Phi) is 4.33. The van der Waals surface area contributed by atoms with E-state index in [9.17, 15) is 14.4 Å². The smallest absolute Gasteiger partial charge is 0.263 e. The van der Waals surface area contributed by atoms with Crippen LogP contribution in [0.5, 0.6) is 0 Å². The van der Waals surface area contributed by atoms with E-state index in [0.717, 1.165) is 4.90 Å². The van der Waals surface area contributed by atoms with Crippen LogP contribution in [0.1, 0.15) is 0 Å². The number of hydrogen-bond donors (Lipinski definition) is 1. The Labute approximate surface area is 159 Å². The summed E-state index contributed by atoms with van der Waals surface area (Å²) in [7, 11) is 0. The van der Waals surface area contributed by atoms with Crippen LogP contribution < -0.4 is 10.2 Å². The third-order valence-corrected chi connectivity index (χ3v) is 4.56. The standard InChI is InChI=1S/C18H14ClN5O3/c19-11-6-8-12(9-7-11)20-14(25)10-23-16-15(21-22-23)17(26)24(18(16)27)13-4-2-1-3-5-13/h1-9,15-16H,10H2,(H,20,25)/t15-,16-/m1/s1. The first-order valence-corrected chi connectivity index (χ1v) is 8.58. The summed E-state index contributed by atoms with van der Waals surface area (Å²) < 4.78 is 0. The van der Waals surface area contributed by atoms with Gasteiger partial charge in [0.05, 0.1) is 5.69 Å². The zero-order valence-electron chi connectivity index (χ0n) is 13.9. The zero-order valence-corrected chi connectivity index (χ0v) is 14.7. The van der Waals surface area contributed by atoms with Crippen molar-refractivity contribution in [2.24, 2.45) is 10.3 Å². The average molecular weight is 384 g/mol. The van der Waals surface area contributed by atoms with Gasteiger partial charge in [0.2, 0.25) is 5.91 Å². The highest BCUT2D eigenvalue weighted by molar-refractivity contribution is 6.30. The molecule has 1 N–H and O–H groups in total. The molecule has 2 atom stereocenters. The Bertz CT molecular complexity index is 932. The van der Waals surface area contributed by atoms with Gasteiger partial charge < -0.3 is 5.32 Å². The van der Waals surface area contributed by atoms with Crippen molar-refractivity contribution >= 4 is 40.7 Å². The number of imide groups is 1. The lowest BCUT2D eigenvalue weighted by Crippen LogP contribution is -2.43. The van der Waals surface area contributed by atoms with Crippen molar-refractivity contribution in [3.8, 4) is 0 Å². The van der Waals surface area contributed by atoms with Gasteiger partial charge in [0, 0.05) is 10.7 Å². The Balaban J connectivity index is 1.47. The first-order chi connectivity index (χ1) is 13.0. The molecule has 0 saturated carbocycles. The fourth-order valence-corrected chi connectivity index (χ4v) is 3.19. The maximum atomic E-state index is 12.8. The molecule has 0 aromatic heterocycles. The predicted octanol–water partition coefficient (Wildman–Crippen LogP) is 2.27. The predicted molar refractivity (Wildman–Crippen MR) is 98.2 cm³/mol. The molecule has 2 aliphatic rings. The summed E-state index contributed by atoms with van der Waals surface area (Å²) in [4.78, 5) is 38.7. The maximum absolute atomic E-state index is 12.8. The van der Waals surface area contributed by atoms with Crippen LogP contribution in [-0.4, -0.2) is 41.4 Å². The Hall–Kier alpha value is -3.26. The second-order valence-electron chi connectivity index (χ2n) is 6.09.